The first-order chi connectivity index (χ1) is 10.9. The Hall–Kier alpha value is -1.44. The van der Waals surface area contributed by atoms with Crippen LogP contribution < -0.4 is 4.72 Å². The summed E-state index contributed by atoms with van der Waals surface area (Å²) in [5, 5.41) is 0. The Balaban J connectivity index is 1.59. The Morgan fingerprint density at radius 2 is 2.09 bits per heavy atom. The lowest BCUT2D eigenvalue weighted by Crippen LogP contribution is -2.46. The quantitative estimate of drug-likeness (QED) is 0.877. The summed E-state index contributed by atoms with van der Waals surface area (Å²) in [4.78, 5) is 14.4. The average molecular weight is 338 g/mol. The summed E-state index contributed by atoms with van der Waals surface area (Å²) in [5.74, 6) is 0.647. The molecular formula is C16H22N2O4S. The molecule has 2 heterocycles. The van der Waals surface area contributed by atoms with Crippen molar-refractivity contribution in [3.05, 3.63) is 35.9 Å². The first-order valence-electron chi connectivity index (χ1n) is 7.84. The first-order valence-corrected chi connectivity index (χ1v) is 9.74. The number of carbonyl (C=O) groups excluding carboxylic acids is 1. The van der Waals surface area contributed by atoms with Crippen molar-refractivity contribution in [1.82, 2.24) is 9.62 Å². The van der Waals surface area contributed by atoms with E-state index in [1.807, 2.05) is 35.2 Å². The van der Waals surface area contributed by atoms with Crippen LogP contribution in [0.2, 0.25) is 0 Å². The molecule has 0 radical (unpaired) electrons. The van der Waals surface area contributed by atoms with Crippen LogP contribution >= 0.6 is 0 Å². The smallest absolute Gasteiger partial charge is 0.253 e. The number of nitrogens with zero attached hydrogens (tertiary/aromatic N) is 1. The second-order valence-corrected chi connectivity index (χ2v) is 8.16. The SMILES string of the molecule is CS(=O)(=O)NC[C@@H]1OC[C@@H]2CN(C(=O)c3ccccc3)CC[C@@H]21. The number of benzene rings is 1. The summed E-state index contributed by atoms with van der Waals surface area (Å²) < 4.78 is 30.7. The number of nitrogens with one attached hydrogen (secondary N) is 1. The highest BCUT2D eigenvalue weighted by atomic mass is 32.2. The minimum absolute atomic E-state index is 0.0572. The van der Waals surface area contributed by atoms with Crippen LogP contribution in [0.25, 0.3) is 0 Å². The zero-order chi connectivity index (χ0) is 16.4. The molecule has 2 fully saturated rings. The van der Waals surface area contributed by atoms with Gasteiger partial charge in [0, 0.05) is 31.1 Å². The third-order valence-corrected chi connectivity index (χ3v) is 5.34. The van der Waals surface area contributed by atoms with Gasteiger partial charge in [0.05, 0.1) is 19.0 Å². The van der Waals surface area contributed by atoms with Crippen LogP contribution in [0.1, 0.15) is 16.8 Å². The number of piperidine rings is 1. The van der Waals surface area contributed by atoms with Crippen molar-refractivity contribution in [3.8, 4) is 0 Å². The number of rotatable bonds is 4. The summed E-state index contributed by atoms with van der Waals surface area (Å²) in [6, 6.07) is 9.29. The number of carbonyl (C=O) groups is 1. The number of amides is 1. The molecule has 2 saturated heterocycles. The average Bonchev–Trinajstić information content (AvgIpc) is 2.94. The van der Waals surface area contributed by atoms with Crippen LogP contribution in [-0.4, -0.2) is 57.8 Å². The van der Waals surface area contributed by atoms with Crippen molar-refractivity contribution in [3.63, 3.8) is 0 Å². The van der Waals surface area contributed by atoms with E-state index in [4.69, 9.17) is 4.74 Å². The van der Waals surface area contributed by atoms with Gasteiger partial charge in [-0.2, -0.15) is 0 Å². The van der Waals surface area contributed by atoms with Crippen LogP contribution in [0.15, 0.2) is 30.3 Å². The Bertz CT molecular complexity index is 662. The molecule has 23 heavy (non-hydrogen) atoms. The predicted molar refractivity (Wildman–Crippen MR) is 86.5 cm³/mol. The predicted octanol–water partition coefficient (Wildman–Crippen LogP) is 0.713. The van der Waals surface area contributed by atoms with Crippen molar-refractivity contribution in [2.45, 2.75) is 12.5 Å². The van der Waals surface area contributed by atoms with E-state index in [1.54, 1.807) is 0 Å². The molecule has 0 spiro atoms. The monoisotopic (exact) mass is 338 g/mol. The lowest BCUT2D eigenvalue weighted by Gasteiger charge is -2.35. The first kappa shape index (κ1) is 16.4. The molecule has 3 atom stereocenters. The third-order valence-electron chi connectivity index (χ3n) is 4.65. The molecule has 0 aliphatic carbocycles. The summed E-state index contributed by atoms with van der Waals surface area (Å²) in [7, 11) is -3.20. The second kappa shape index (κ2) is 6.59. The van der Waals surface area contributed by atoms with E-state index in [2.05, 4.69) is 4.72 Å². The fourth-order valence-electron chi connectivity index (χ4n) is 3.48. The molecule has 6 nitrogen and oxygen atoms in total. The summed E-state index contributed by atoms with van der Waals surface area (Å²) >= 11 is 0. The second-order valence-electron chi connectivity index (χ2n) is 6.32. The van der Waals surface area contributed by atoms with Gasteiger partial charge in [-0.15, -0.1) is 0 Å². The number of likely N-dealkylation sites (tertiary alicyclic amines) is 1. The molecule has 0 unspecified atom stereocenters. The molecule has 2 aliphatic rings. The van der Waals surface area contributed by atoms with Crippen molar-refractivity contribution in [2.24, 2.45) is 11.8 Å². The Morgan fingerprint density at radius 1 is 1.35 bits per heavy atom. The molecule has 1 aromatic carbocycles. The fraction of sp³-hybridized carbons (Fsp3) is 0.562. The maximum absolute atomic E-state index is 12.5. The van der Waals surface area contributed by atoms with E-state index in [0.717, 1.165) is 12.7 Å². The van der Waals surface area contributed by atoms with Crippen LogP contribution in [0.5, 0.6) is 0 Å². The highest BCUT2D eigenvalue weighted by molar-refractivity contribution is 7.88. The van der Waals surface area contributed by atoms with Crippen molar-refractivity contribution >= 4 is 15.9 Å². The molecule has 1 aromatic rings. The van der Waals surface area contributed by atoms with Crippen molar-refractivity contribution in [1.29, 1.82) is 0 Å². The summed E-state index contributed by atoms with van der Waals surface area (Å²) in [6.07, 6.45) is 1.91. The van der Waals surface area contributed by atoms with E-state index in [9.17, 15) is 13.2 Å². The maximum atomic E-state index is 12.5. The van der Waals surface area contributed by atoms with Gasteiger partial charge in [0.15, 0.2) is 0 Å². The van der Waals surface area contributed by atoms with Gasteiger partial charge in [-0.05, 0) is 24.5 Å². The summed E-state index contributed by atoms with van der Waals surface area (Å²) in [6.45, 7) is 2.26. The molecule has 3 rings (SSSR count). The summed E-state index contributed by atoms with van der Waals surface area (Å²) in [5.41, 5.74) is 0.708. The molecule has 126 valence electrons. The van der Waals surface area contributed by atoms with E-state index >= 15 is 0 Å². The highest BCUT2D eigenvalue weighted by Crippen LogP contribution is 2.34. The Morgan fingerprint density at radius 3 is 2.78 bits per heavy atom. The lowest BCUT2D eigenvalue weighted by atomic mass is 9.84. The molecule has 0 aromatic heterocycles. The lowest BCUT2D eigenvalue weighted by molar-refractivity contribution is 0.0616. The van der Waals surface area contributed by atoms with Gasteiger partial charge in [-0.1, -0.05) is 18.2 Å². The van der Waals surface area contributed by atoms with Crippen molar-refractivity contribution in [2.75, 3.05) is 32.5 Å². The van der Waals surface area contributed by atoms with E-state index < -0.39 is 10.0 Å². The van der Waals surface area contributed by atoms with Crippen LogP contribution in [0.3, 0.4) is 0 Å². The molecule has 0 bridgehead atoms. The number of fused-ring (bicyclic) bond motifs is 1. The highest BCUT2D eigenvalue weighted by Gasteiger charge is 2.41. The molecule has 7 heteroatoms. The van der Waals surface area contributed by atoms with Gasteiger partial charge in [-0.25, -0.2) is 13.1 Å². The zero-order valence-corrected chi connectivity index (χ0v) is 14.0. The molecule has 1 N–H and O–H groups in total. The largest absolute Gasteiger partial charge is 0.376 e. The standard InChI is InChI=1S/C16H22N2O4S/c1-23(20,21)17-9-15-14-7-8-18(10-13(14)11-22-15)16(19)12-5-3-2-4-6-12/h2-6,13-15,17H,7-11H2,1H3/t13-,14-,15-/m0/s1. The maximum Gasteiger partial charge on any atom is 0.253 e. The van der Waals surface area contributed by atoms with Gasteiger partial charge in [0.1, 0.15) is 0 Å². The van der Waals surface area contributed by atoms with E-state index in [1.165, 1.54) is 0 Å². The van der Waals surface area contributed by atoms with Gasteiger partial charge in [-0.3, -0.25) is 4.79 Å². The van der Waals surface area contributed by atoms with Crippen LogP contribution in [0.4, 0.5) is 0 Å². The Kier molecular flexibility index (Phi) is 4.70. The number of ether oxygens (including phenoxy) is 1. The van der Waals surface area contributed by atoms with Crippen LogP contribution in [-0.2, 0) is 14.8 Å². The minimum atomic E-state index is -3.20. The van der Waals surface area contributed by atoms with Crippen LogP contribution in [0, 0.1) is 11.8 Å². The van der Waals surface area contributed by atoms with Gasteiger partial charge < -0.3 is 9.64 Å². The van der Waals surface area contributed by atoms with Gasteiger partial charge in [0.2, 0.25) is 10.0 Å². The fourth-order valence-corrected chi connectivity index (χ4v) is 3.95. The topological polar surface area (TPSA) is 75.7 Å². The zero-order valence-electron chi connectivity index (χ0n) is 13.1. The number of hydrogen-bond acceptors (Lipinski definition) is 4. The van der Waals surface area contributed by atoms with Gasteiger partial charge >= 0.3 is 0 Å². The molecule has 2 aliphatic heterocycles. The molecule has 0 saturated carbocycles. The number of hydrogen-bond donors (Lipinski definition) is 1. The van der Waals surface area contributed by atoms with Crippen molar-refractivity contribution < 1.29 is 17.9 Å². The molecular weight excluding hydrogens is 316 g/mol. The third kappa shape index (κ3) is 3.91. The number of sulfonamides is 1. The normalized spacial score (nSPS) is 27.7. The van der Waals surface area contributed by atoms with Gasteiger partial charge in [0.25, 0.3) is 5.91 Å². The minimum Gasteiger partial charge on any atom is -0.376 e. The van der Waals surface area contributed by atoms with E-state index in [0.29, 0.717) is 37.7 Å². The van der Waals surface area contributed by atoms with E-state index in [-0.39, 0.29) is 17.9 Å². The molecule has 1 amide bonds. The Labute approximate surface area is 136 Å².